The van der Waals surface area contributed by atoms with Crippen molar-refractivity contribution in [1.82, 2.24) is 9.88 Å². The number of nitrogens with two attached hydrogens (primary N) is 1. The molecule has 90 valence electrons. The second kappa shape index (κ2) is 4.55. The predicted octanol–water partition coefficient (Wildman–Crippen LogP) is 0.786. The molecule has 1 heterocycles. The summed E-state index contributed by atoms with van der Waals surface area (Å²) in [6, 6.07) is 5.12. The summed E-state index contributed by atoms with van der Waals surface area (Å²) in [4.78, 5) is 17.2. The van der Waals surface area contributed by atoms with Crippen LogP contribution in [0.5, 0.6) is 0 Å². The summed E-state index contributed by atoms with van der Waals surface area (Å²) in [6.07, 6.45) is 1.90. The SMILES string of the molecule is CN(C)C(=O)C(N)Cc1ccc2ncoc2c1. The van der Waals surface area contributed by atoms with E-state index in [9.17, 15) is 4.79 Å². The standard InChI is InChI=1S/C12H15N3O2/c1-15(2)12(16)9(13)5-8-3-4-10-11(6-8)17-7-14-10/h3-4,6-7,9H,5,13H2,1-2H3. The highest BCUT2D eigenvalue weighted by atomic mass is 16.3. The summed E-state index contributed by atoms with van der Waals surface area (Å²) < 4.78 is 5.20. The van der Waals surface area contributed by atoms with Gasteiger partial charge in [0.1, 0.15) is 5.52 Å². The smallest absolute Gasteiger partial charge is 0.239 e. The van der Waals surface area contributed by atoms with Gasteiger partial charge < -0.3 is 15.1 Å². The number of carbonyl (C=O) groups excluding carboxylic acids is 1. The van der Waals surface area contributed by atoms with E-state index < -0.39 is 6.04 Å². The van der Waals surface area contributed by atoms with E-state index in [0.29, 0.717) is 12.0 Å². The van der Waals surface area contributed by atoms with Gasteiger partial charge in [-0.2, -0.15) is 0 Å². The van der Waals surface area contributed by atoms with Gasteiger partial charge in [-0.3, -0.25) is 4.79 Å². The van der Waals surface area contributed by atoms with Crippen LogP contribution in [0.15, 0.2) is 29.0 Å². The van der Waals surface area contributed by atoms with Gasteiger partial charge in [-0.1, -0.05) is 6.07 Å². The van der Waals surface area contributed by atoms with E-state index in [1.54, 1.807) is 14.1 Å². The van der Waals surface area contributed by atoms with E-state index in [4.69, 9.17) is 10.2 Å². The lowest BCUT2D eigenvalue weighted by Crippen LogP contribution is -2.41. The largest absolute Gasteiger partial charge is 0.443 e. The summed E-state index contributed by atoms with van der Waals surface area (Å²) in [6.45, 7) is 0. The highest BCUT2D eigenvalue weighted by molar-refractivity contribution is 5.81. The molecule has 5 heteroatoms. The Labute approximate surface area is 99.2 Å². The minimum Gasteiger partial charge on any atom is -0.443 e. The maximum atomic E-state index is 11.6. The number of hydrogen-bond acceptors (Lipinski definition) is 4. The lowest BCUT2D eigenvalue weighted by atomic mass is 10.1. The number of carbonyl (C=O) groups is 1. The van der Waals surface area contributed by atoms with Crippen molar-refractivity contribution < 1.29 is 9.21 Å². The Morgan fingerprint density at radius 1 is 1.53 bits per heavy atom. The molecular weight excluding hydrogens is 218 g/mol. The summed E-state index contributed by atoms with van der Waals surface area (Å²) in [5.74, 6) is -0.0809. The highest BCUT2D eigenvalue weighted by Crippen LogP contribution is 2.15. The van der Waals surface area contributed by atoms with E-state index in [-0.39, 0.29) is 5.91 Å². The Kier molecular flexibility index (Phi) is 3.10. The average molecular weight is 233 g/mol. The van der Waals surface area contributed by atoms with Crippen molar-refractivity contribution in [2.75, 3.05) is 14.1 Å². The molecule has 1 aromatic carbocycles. The fourth-order valence-electron chi connectivity index (χ4n) is 1.70. The maximum Gasteiger partial charge on any atom is 0.239 e. The molecular formula is C12H15N3O2. The van der Waals surface area contributed by atoms with Crippen LogP contribution < -0.4 is 5.73 Å². The van der Waals surface area contributed by atoms with E-state index in [0.717, 1.165) is 11.1 Å². The first-order chi connectivity index (χ1) is 8.08. The topological polar surface area (TPSA) is 72.4 Å². The minimum absolute atomic E-state index is 0.0809. The van der Waals surface area contributed by atoms with Crippen LogP contribution in [-0.2, 0) is 11.2 Å². The Balaban J connectivity index is 2.15. The first kappa shape index (κ1) is 11.6. The Hall–Kier alpha value is -1.88. The van der Waals surface area contributed by atoms with Gasteiger partial charge in [0, 0.05) is 14.1 Å². The van der Waals surface area contributed by atoms with Crippen molar-refractivity contribution in [1.29, 1.82) is 0 Å². The molecule has 17 heavy (non-hydrogen) atoms. The molecule has 1 aromatic heterocycles. The van der Waals surface area contributed by atoms with E-state index >= 15 is 0 Å². The molecule has 2 aromatic rings. The first-order valence-corrected chi connectivity index (χ1v) is 5.37. The van der Waals surface area contributed by atoms with Crippen LogP contribution in [0.25, 0.3) is 11.1 Å². The number of rotatable bonds is 3. The number of aromatic nitrogens is 1. The maximum absolute atomic E-state index is 11.6. The zero-order valence-electron chi connectivity index (χ0n) is 9.88. The van der Waals surface area contributed by atoms with Gasteiger partial charge in [0.2, 0.25) is 5.91 Å². The van der Waals surface area contributed by atoms with Crippen molar-refractivity contribution in [2.45, 2.75) is 12.5 Å². The molecule has 0 saturated heterocycles. The van der Waals surface area contributed by atoms with E-state index in [2.05, 4.69) is 4.98 Å². The highest BCUT2D eigenvalue weighted by Gasteiger charge is 2.16. The van der Waals surface area contributed by atoms with Gasteiger partial charge in [0.15, 0.2) is 12.0 Å². The first-order valence-electron chi connectivity index (χ1n) is 5.37. The number of benzene rings is 1. The van der Waals surface area contributed by atoms with Gasteiger partial charge in [-0.05, 0) is 24.1 Å². The zero-order chi connectivity index (χ0) is 12.4. The van der Waals surface area contributed by atoms with Crippen LogP contribution >= 0.6 is 0 Å². The summed E-state index contributed by atoms with van der Waals surface area (Å²) in [5.41, 5.74) is 8.32. The normalized spacial score (nSPS) is 12.6. The summed E-state index contributed by atoms with van der Waals surface area (Å²) >= 11 is 0. The fraction of sp³-hybridized carbons (Fsp3) is 0.333. The lowest BCUT2D eigenvalue weighted by molar-refractivity contribution is -0.130. The van der Waals surface area contributed by atoms with Gasteiger partial charge in [-0.15, -0.1) is 0 Å². The second-order valence-electron chi connectivity index (χ2n) is 4.20. The van der Waals surface area contributed by atoms with Gasteiger partial charge in [-0.25, -0.2) is 4.98 Å². The summed E-state index contributed by atoms with van der Waals surface area (Å²) in [5, 5.41) is 0. The fourth-order valence-corrected chi connectivity index (χ4v) is 1.70. The number of amides is 1. The van der Waals surface area contributed by atoms with Gasteiger partial charge >= 0.3 is 0 Å². The molecule has 1 atom stereocenters. The third kappa shape index (κ3) is 2.45. The van der Waals surface area contributed by atoms with Crippen molar-refractivity contribution >= 4 is 17.0 Å². The molecule has 0 aliphatic heterocycles. The molecule has 0 radical (unpaired) electrons. The molecule has 2 N–H and O–H groups in total. The minimum atomic E-state index is -0.523. The van der Waals surface area contributed by atoms with Crippen LogP contribution in [0.2, 0.25) is 0 Å². The van der Waals surface area contributed by atoms with Crippen LogP contribution in [0, 0.1) is 0 Å². The number of likely N-dealkylation sites (N-methyl/N-ethyl adjacent to an activating group) is 1. The number of nitrogens with zero attached hydrogens (tertiary/aromatic N) is 2. The lowest BCUT2D eigenvalue weighted by Gasteiger charge is -2.16. The van der Waals surface area contributed by atoms with Crippen molar-refractivity contribution in [2.24, 2.45) is 5.73 Å². The van der Waals surface area contributed by atoms with Crippen LogP contribution in [0.3, 0.4) is 0 Å². The van der Waals surface area contributed by atoms with Crippen LogP contribution in [-0.4, -0.2) is 35.9 Å². The van der Waals surface area contributed by atoms with Crippen molar-refractivity contribution in [3.8, 4) is 0 Å². The molecule has 1 amide bonds. The van der Waals surface area contributed by atoms with Gasteiger partial charge in [0.05, 0.1) is 6.04 Å². The van der Waals surface area contributed by atoms with Crippen molar-refractivity contribution in [3.05, 3.63) is 30.2 Å². The van der Waals surface area contributed by atoms with Crippen LogP contribution in [0.4, 0.5) is 0 Å². The third-order valence-corrected chi connectivity index (χ3v) is 2.61. The van der Waals surface area contributed by atoms with Crippen LogP contribution in [0.1, 0.15) is 5.56 Å². The van der Waals surface area contributed by atoms with Crippen molar-refractivity contribution in [3.63, 3.8) is 0 Å². The number of oxazole rings is 1. The van der Waals surface area contributed by atoms with Gasteiger partial charge in [0.25, 0.3) is 0 Å². The molecule has 0 saturated carbocycles. The zero-order valence-corrected chi connectivity index (χ0v) is 9.88. The predicted molar refractivity (Wildman–Crippen MR) is 64.4 cm³/mol. The molecule has 5 nitrogen and oxygen atoms in total. The quantitative estimate of drug-likeness (QED) is 0.850. The average Bonchev–Trinajstić information content (AvgIpc) is 2.74. The molecule has 0 aliphatic carbocycles. The Morgan fingerprint density at radius 3 is 3.00 bits per heavy atom. The Morgan fingerprint density at radius 2 is 2.29 bits per heavy atom. The Bertz CT molecular complexity index is 533. The molecule has 0 spiro atoms. The summed E-state index contributed by atoms with van der Waals surface area (Å²) in [7, 11) is 3.39. The third-order valence-electron chi connectivity index (χ3n) is 2.61. The molecule has 0 bridgehead atoms. The molecule has 0 aliphatic rings. The molecule has 2 rings (SSSR count). The molecule has 0 fully saturated rings. The van der Waals surface area contributed by atoms with E-state index in [1.807, 2.05) is 18.2 Å². The second-order valence-corrected chi connectivity index (χ2v) is 4.20. The van der Waals surface area contributed by atoms with E-state index in [1.165, 1.54) is 11.3 Å². The molecule has 1 unspecified atom stereocenters. The number of fused-ring (bicyclic) bond motifs is 1. The number of hydrogen-bond donors (Lipinski definition) is 1. The monoisotopic (exact) mass is 233 g/mol.